The van der Waals surface area contributed by atoms with E-state index in [0.717, 1.165) is 13.1 Å². The molecule has 0 amide bonds. The van der Waals surface area contributed by atoms with Gasteiger partial charge in [0.15, 0.2) is 0 Å². The van der Waals surface area contributed by atoms with Gasteiger partial charge in [-0.3, -0.25) is 4.58 Å². The third-order valence-corrected chi connectivity index (χ3v) is 4.25. The fourth-order valence-corrected chi connectivity index (χ4v) is 3.35. The molecule has 2 rings (SSSR count). The fourth-order valence-electron chi connectivity index (χ4n) is 3.35. The Morgan fingerprint density at radius 1 is 1.20 bits per heavy atom. The van der Waals surface area contributed by atoms with Crippen LogP contribution in [-0.2, 0) is 0 Å². The highest BCUT2D eigenvalue weighted by Gasteiger charge is 2.29. The summed E-state index contributed by atoms with van der Waals surface area (Å²) in [7, 11) is 0. The standard InChI is InChI=1S/C17H28N3/c1-12(2)16(10-18)19-6-7-20(11-19)17-14(4)8-13(3)9-15(17)5/h8-9,11-12,16H,6-7,10,18H2,1-5H3/q+1/t16-/m1/s1. The molecule has 20 heavy (non-hydrogen) atoms. The third-order valence-electron chi connectivity index (χ3n) is 4.25. The first kappa shape index (κ1) is 15.0. The average molecular weight is 274 g/mol. The van der Waals surface area contributed by atoms with E-state index in [-0.39, 0.29) is 0 Å². The van der Waals surface area contributed by atoms with Crippen molar-refractivity contribution in [2.24, 2.45) is 11.7 Å². The number of nitrogens with zero attached hydrogens (tertiary/aromatic N) is 2. The van der Waals surface area contributed by atoms with Crippen LogP contribution < -0.4 is 10.6 Å². The van der Waals surface area contributed by atoms with E-state index < -0.39 is 0 Å². The van der Waals surface area contributed by atoms with E-state index >= 15 is 0 Å². The van der Waals surface area contributed by atoms with Crippen LogP contribution in [0.3, 0.4) is 0 Å². The maximum Gasteiger partial charge on any atom is 0.239 e. The minimum Gasteiger partial charge on any atom is -0.327 e. The maximum atomic E-state index is 5.94. The first-order valence-electron chi connectivity index (χ1n) is 7.59. The summed E-state index contributed by atoms with van der Waals surface area (Å²) in [4.78, 5) is 2.38. The van der Waals surface area contributed by atoms with Crippen molar-refractivity contribution in [2.45, 2.75) is 40.7 Å². The summed E-state index contributed by atoms with van der Waals surface area (Å²) in [6, 6.07) is 4.97. The predicted octanol–water partition coefficient (Wildman–Crippen LogP) is 2.46. The molecule has 0 spiro atoms. The predicted molar refractivity (Wildman–Crippen MR) is 86.9 cm³/mol. The third kappa shape index (κ3) is 2.88. The quantitative estimate of drug-likeness (QED) is 0.855. The van der Waals surface area contributed by atoms with Gasteiger partial charge in [-0.1, -0.05) is 31.5 Å². The van der Waals surface area contributed by atoms with Crippen LogP contribution in [0.25, 0.3) is 0 Å². The molecule has 2 N–H and O–H groups in total. The summed E-state index contributed by atoms with van der Waals surface area (Å²) in [5, 5.41) is 0. The zero-order valence-electron chi connectivity index (χ0n) is 13.5. The highest BCUT2D eigenvalue weighted by atomic mass is 15.3. The zero-order valence-corrected chi connectivity index (χ0v) is 13.5. The molecule has 1 aliphatic rings. The SMILES string of the molecule is Cc1cc(C)c(N2C=[N+]([C@H](CN)C(C)C)CC2)c(C)c1. The van der Waals surface area contributed by atoms with Gasteiger partial charge in [0.1, 0.15) is 24.8 Å². The Bertz CT molecular complexity index is 494. The van der Waals surface area contributed by atoms with E-state index in [4.69, 9.17) is 5.73 Å². The van der Waals surface area contributed by atoms with Gasteiger partial charge < -0.3 is 5.73 Å². The van der Waals surface area contributed by atoms with Crippen molar-refractivity contribution >= 4 is 12.0 Å². The van der Waals surface area contributed by atoms with Crippen molar-refractivity contribution in [3.05, 3.63) is 28.8 Å². The topological polar surface area (TPSA) is 32.3 Å². The van der Waals surface area contributed by atoms with Crippen molar-refractivity contribution in [3.8, 4) is 0 Å². The number of hydrogen-bond acceptors (Lipinski definition) is 2. The molecule has 3 heteroatoms. The molecule has 1 aromatic rings. The molecule has 0 bridgehead atoms. The Morgan fingerprint density at radius 2 is 1.80 bits per heavy atom. The largest absolute Gasteiger partial charge is 0.327 e. The number of nitrogens with two attached hydrogens (primary N) is 1. The van der Waals surface area contributed by atoms with Crippen molar-refractivity contribution in [1.82, 2.24) is 0 Å². The van der Waals surface area contributed by atoms with Gasteiger partial charge in [-0.25, -0.2) is 4.90 Å². The molecule has 1 heterocycles. The highest BCUT2D eigenvalue weighted by molar-refractivity contribution is 5.81. The Hall–Kier alpha value is -1.35. The molecular weight excluding hydrogens is 246 g/mol. The average Bonchev–Trinajstić information content (AvgIpc) is 2.77. The molecule has 0 aliphatic carbocycles. The van der Waals surface area contributed by atoms with Gasteiger partial charge in [0, 0.05) is 6.54 Å². The lowest BCUT2D eigenvalue weighted by atomic mass is 10.0. The Labute approximate surface area is 123 Å². The molecule has 110 valence electrons. The van der Waals surface area contributed by atoms with Gasteiger partial charge in [0.2, 0.25) is 6.34 Å². The summed E-state index contributed by atoms with van der Waals surface area (Å²) in [6.07, 6.45) is 2.27. The molecule has 0 fully saturated rings. The van der Waals surface area contributed by atoms with Crippen molar-refractivity contribution < 1.29 is 4.58 Å². The molecule has 0 aromatic heterocycles. The van der Waals surface area contributed by atoms with Gasteiger partial charge >= 0.3 is 0 Å². The Morgan fingerprint density at radius 3 is 2.30 bits per heavy atom. The first-order chi connectivity index (χ1) is 9.43. The van der Waals surface area contributed by atoms with Crippen LogP contribution in [0.2, 0.25) is 0 Å². The van der Waals surface area contributed by atoms with Crippen LogP contribution in [0.15, 0.2) is 12.1 Å². The molecule has 1 aliphatic heterocycles. The second kappa shape index (κ2) is 5.96. The number of anilines is 1. The zero-order chi connectivity index (χ0) is 14.9. The highest BCUT2D eigenvalue weighted by Crippen LogP contribution is 2.26. The minimum atomic E-state index is 0.436. The van der Waals surface area contributed by atoms with Crippen LogP contribution in [0, 0.1) is 26.7 Å². The monoisotopic (exact) mass is 274 g/mol. The van der Waals surface area contributed by atoms with Crippen LogP contribution >= 0.6 is 0 Å². The second-order valence-corrected chi connectivity index (χ2v) is 6.34. The molecule has 1 atom stereocenters. The van der Waals surface area contributed by atoms with Crippen LogP contribution in [0.1, 0.15) is 30.5 Å². The lowest BCUT2D eigenvalue weighted by Crippen LogP contribution is -2.37. The summed E-state index contributed by atoms with van der Waals surface area (Å²) in [6.45, 7) is 13.9. The molecule has 3 nitrogen and oxygen atoms in total. The lowest BCUT2D eigenvalue weighted by molar-refractivity contribution is -0.558. The molecule has 0 unspecified atom stereocenters. The summed E-state index contributed by atoms with van der Waals surface area (Å²) < 4.78 is 2.41. The number of benzene rings is 1. The van der Waals surface area contributed by atoms with Gasteiger partial charge in [0.25, 0.3) is 0 Å². The first-order valence-corrected chi connectivity index (χ1v) is 7.59. The van der Waals surface area contributed by atoms with Crippen molar-refractivity contribution in [1.29, 1.82) is 0 Å². The minimum absolute atomic E-state index is 0.436. The van der Waals surface area contributed by atoms with E-state index in [1.54, 1.807) is 0 Å². The van der Waals surface area contributed by atoms with Gasteiger partial charge in [-0.05, 0) is 37.8 Å². The van der Waals surface area contributed by atoms with Gasteiger partial charge in [-0.2, -0.15) is 0 Å². The van der Waals surface area contributed by atoms with E-state index in [1.165, 1.54) is 22.4 Å². The molecular formula is C17H28N3+. The second-order valence-electron chi connectivity index (χ2n) is 6.34. The van der Waals surface area contributed by atoms with Crippen molar-refractivity contribution in [2.75, 3.05) is 24.5 Å². The smallest absolute Gasteiger partial charge is 0.239 e. The molecule has 0 radical (unpaired) electrons. The van der Waals surface area contributed by atoms with Crippen LogP contribution in [0.4, 0.5) is 5.69 Å². The summed E-state index contributed by atoms with van der Waals surface area (Å²) in [5.41, 5.74) is 11.3. The Kier molecular flexibility index (Phi) is 4.48. The lowest BCUT2D eigenvalue weighted by Gasteiger charge is -2.17. The number of rotatable bonds is 4. The van der Waals surface area contributed by atoms with E-state index in [1.807, 2.05) is 0 Å². The normalized spacial score (nSPS) is 16.8. The van der Waals surface area contributed by atoms with Crippen molar-refractivity contribution in [3.63, 3.8) is 0 Å². The summed E-state index contributed by atoms with van der Waals surface area (Å²) in [5.74, 6) is 0.580. The molecule has 0 saturated carbocycles. The van der Waals surface area contributed by atoms with Gasteiger partial charge in [0.05, 0.1) is 0 Å². The molecule has 0 saturated heterocycles. The van der Waals surface area contributed by atoms with E-state index in [2.05, 4.69) is 62.6 Å². The van der Waals surface area contributed by atoms with Gasteiger partial charge in [-0.15, -0.1) is 0 Å². The van der Waals surface area contributed by atoms with E-state index in [9.17, 15) is 0 Å². The fraction of sp³-hybridized carbons (Fsp3) is 0.588. The van der Waals surface area contributed by atoms with Crippen LogP contribution in [0.5, 0.6) is 0 Å². The van der Waals surface area contributed by atoms with E-state index in [0.29, 0.717) is 18.5 Å². The number of hydrogen-bond donors (Lipinski definition) is 1. The maximum absolute atomic E-state index is 5.94. The van der Waals surface area contributed by atoms with Crippen LogP contribution in [-0.4, -0.2) is 36.6 Å². The molecule has 1 aromatic carbocycles. The summed E-state index contributed by atoms with van der Waals surface area (Å²) >= 11 is 0. The Balaban J connectivity index is 2.31. The number of aryl methyl sites for hydroxylation is 3.